The van der Waals surface area contributed by atoms with E-state index in [0.717, 1.165) is 0 Å². The molecule has 2 aromatic rings. The van der Waals surface area contributed by atoms with Gasteiger partial charge in [-0.25, -0.2) is 4.79 Å². The van der Waals surface area contributed by atoms with Gasteiger partial charge in [0.2, 0.25) is 0 Å². The van der Waals surface area contributed by atoms with Crippen LogP contribution in [0.1, 0.15) is 24.2 Å². The Hall–Kier alpha value is -2.53. The molecule has 0 aliphatic heterocycles. The van der Waals surface area contributed by atoms with Crippen LogP contribution in [0.4, 0.5) is 5.69 Å². The van der Waals surface area contributed by atoms with Gasteiger partial charge < -0.3 is 14.8 Å². The van der Waals surface area contributed by atoms with Gasteiger partial charge in [-0.3, -0.25) is 4.79 Å². The molecule has 0 unspecified atom stereocenters. The lowest BCUT2D eigenvalue weighted by Crippen LogP contribution is -2.30. The van der Waals surface area contributed by atoms with Crippen LogP contribution in [-0.4, -0.2) is 24.6 Å². The van der Waals surface area contributed by atoms with Crippen LogP contribution in [0, 0.1) is 0 Å². The molecule has 0 aliphatic rings. The van der Waals surface area contributed by atoms with Gasteiger partial charge >= 0.3 is 5.97 Å². The number of para-hydroxylation sites is 2. The first-order valence-electron chi connectivity index (χ1n) is 7.51. The highest BCUT2D eigenvalue weighted by Gasteiger charge is 2.19. The fourth-order valence-corrected chi connectivity index (χ4v) is 2.18. The van der Waals surface area contributed by atoms with Gasteiger partial charge in [0.25, 0.3) is 5.91 Å². The number of amides is 1. The molecule has 0 aromatic heterocycles. The Bertz CT molecular complexity index is 732. The van der Waals surface area contributed by atoms with Crippen LogP contribution in [0.25, 0.3) is 0 Å². The number of anilines is 1. The lowest BCUT2D eigenvalue weighted by Gasteiger charge is -2.16. The zero-order chi connectivity index (χ0) is 17.5. The number of nitrogens with one attached hydrogen (secondary N) is 1. The topological polar surface area (TPSA) is 64.6 Å². The van der Waals surface area contributed by atoms with Crippen LogP contribution >= 0.6 is 11.6 Å². The van der Waals surface area contributed by atoms with Crippen molar-refractivity contribution in [3.8, 4) is 5.75 Å². The van der Waals surface area contributed by atoms with Crippen LogP contribution in [-0.2, 0) is 9.53 Å². The first-order valence-corrected chi connectivity index (χ1v) is 7.89. The number of rotatable bonds is 6. The third-order valence-corrected chi connectivity index (χ3v) is 3.50. The standard InChI is InChI=1S/C18H18ClNO4/c1-3-23-18(22)13-8-4-6-10-15(13)20-17(21)12(2)24-16-11-7-5-9-14(16)19/h4-12H,3H2,1-2H3,(H,20,21)/t12-/m1/s1. The Morgan fingerprint density at radius 3 is 2.50 bits per heavy atom. The molecule has 0 saturated heterocycles. The molecule has 0 radical (unpaired) electrons. The Morgan fingerprint density at radius 2 is 1.79 bits per heavy atom. The van der Waals surface area contributed by atoms with Gasteiger partial charge in [-0.05, 0) is 38.1 Å². The molecule has 24 heavy (non-hydrogen) atoms. The third-order valence-electron chi connectivity index (χ3n) is 3.19. The molecule has 1 N–H and O–H groups in total. The van der Waals surface area contributed by atoms with Crippen LogP contribution in [0.2, 0.25) is 5.02 Å². The summed E-state index contributed by atoms with van der Waals surface area (Å²) in [6, 6.07) is 13.5. The van der Waals surface area contributed by atoms with Gasteiger partial charge in [0.05, 0.1) is 22.9 Å². The molecule has 0 aliphatic carbocycles. The van der Waals surface area contributed by atoms with E-state index in [0.29, 0.717) is 16.5 Å². The van der Waals surface area contributed by atoms with Gasteiger partial charge in [-0.15, -0.1) is 0 Å². The highest BCUT2D eigenvalue weighted by molar-refractivity contribution is 6.32. The summed E-state index contributed by atoms with van der Waals surface area (Å²) in [6.45, 7) is 3.58. The van der Waals surface area contributed by atoms with Crippen molar-refractivity contribution in [1.29, 1.82) is 0 Å². The maximum Gasteiger partial charge on any atom is 0.340 e. The second-order valence-electron chi connectivity index (χ2n) is 4.95. The minimum absolute atomic E-state index is 0.257. The Kier molecular flexibility index (Phi) is 6.21. The minimum Gasteiger partial charge on any atom is -0.479 e. The normalized spacial score (nSPS) is 11.5. The summed E-state index contributed by atoms with van der Waals surface area (Å²) in [4.78, 5) is 24.3. The van der Waals surface area contributed by atoms with E-state index >= 15 is 0 Å². The molecule has 5 nitrogen and oxygen atoms in total. The number of hydrogen-bond donors (Lipinski definition) is 1. The van der Waals surface area contributed by atoms with Crippen molar-refractivity contribution in [1.82, 2.24) is 0 Å². The fourth-order valence-electron chi connectivity index (χ4n) is 2.00. The molecule has 0 bridgehead atoms. The maximum absolute atomic E-state index is 12.3. The molecule has 126 valence electrons. The van der Waals surface area contributed by atoms with Crippen LogP contribution in [0.5, 0.6) is 5.75 Å². The summed E-state index contributed by atoms with van der Waals surface area (Å²) in [5.41, 5.74) is 0.660. The average molecular weight is 348 g/mol. The molecule has 1 atom stereocenters. The first-order chi connectivity index (χ1) is 11.5. The van der Waals surface area contributed by atoms with Crippen molar-refractivity contribution in [2.45, 2.75) is 20.0 Å². The molecule has 2 aromatic carbocycles. The molecule has 1 amide bonds. The molecule has 2 rings (SSSR count). The summed E-state index contributed by atoms with van der Waals surface area (Å²) in [6.07, 6.45) is -0.792. The highest BCUT2D eigenvalue weighted by Crippen LogP contribution is 2.24. The van der Waals surface area contributed by atoms with E-state index in [-0.39, 0.29) is 12.2 Å². The second-order valence-corrected chi connectivity index (χ2v) is 5.35. The van der Waals surface area contributed by atoms with Gasteiger partial charge in [-0.2, -0.15) is 0 Å². The zero-order valence-corrected chi connectivity index (χ0v) is 14.2. The number of hydrogen-bond acceptors (Lipinski definition) is 4. The Labute approximate surface area is 145 Å². The third kappa shape index (κ3) is 4.49. The van der Waals surface area contributed by atoms with Gasteiger partial charge in [-0.1, -0.05) is 35.9 Å². The number of benzene rings is 2. The smallest absolute Gasteiger partial charge is 0.340 e. The number of carbonyl (C=O) groups excluding carboxylic acids is 2. The molecular weight excluding hydrogens is 330 g/mol. The van der Waals surface area contributed by atoms with Crippen molar-refractivity contribution in [2.75, 3.05) is 11.9 Å². The van der Waals surface area contributed by atoms with Crippen LogP contribution < -0.4 is 10.1 Å². The van der Waals surface area contributed by atoms with Crippen molar-refractivity contribution in [3.05, 3.63) is 59.1 Å². The van der Waals surface area contributed by atoms with E-state index in [9.17, 15) is 9.59 Å². The van der Waals surface area contributed by atoms with Crippen LogP contribution in [0.15, 0.2) is 48.5 Å². The Balaban J connectivity index is 2.09. The minimum atomic E-state index is -0.792. The van der Waals surface area contributed by atoms with E-state index in [1.165, 1.54) is 0 Å². The average Bonchev–Trinajstić information content (AvgIpc) is 2.57. The van der Waals surface area contributed by atoms with Crippen LogP contribution in [0.3, 0.4) is 0 Å². The highest BCUT2D eigenvalue weighted by atomic mass is 35.5. The number of carbonyl (C=O) groups is 2. The van der Waals surface area contributed by atoms with E-state index in [1.807, 2.05) is 0 Å². The van der Waals surface area contributed by atoms with E-state index in [1.54, 1.807) is 62.4 Å². The van der Waals surface area contributed by atoms with Crippen molar-refractivity contribution in [3.63, 3.8) is 0 Å². The summed E-state index contributed by atoms with van der Waals surface area (Å²) in [7, 11) is 0. The molecular formula is C18H18ClNO4. The molecule has 0 heterocycles. The van der Waals surface area contributed by atoms with Crippen molar-refractivity contribution < 1.29 is 19.1 Å². The molecule has 0 fully saturated rings. The van der Waals surface area contributed by atoms with Gasteiger partial charge in [0.1, 0.15) is 5.75 Å². The monoisotopic (exact) mass is 347 g/mol. The number of ether oxygens (including phenoxy) is 2. The lowest BCUT2D eigenvalue weighted by atomic mass is 10.1. The van der Waals surface area contributed by atoms with E-state index in [2.05, 4.69) is 5.32 Å². The van der Waals surface area contributed by atoms with Crippen molar-refractivity contribution >= 4 is 29.2 Å². The summed E-state index contributed by atoms with van der Waals surface area (Å²) in [5, 5.41) is 3.10. The second kappa shape index (κ2) is 8.36. The van der Waals surface area contributed by atoms with E-state index < -0.39 is 18.0 Å². The van der Waals surface area contributed by atoms with Gasteiger partial charge in [0, 0.05) is 0 Å². The van der Waals surface area contributed by atoms with Crippen molar-refractivity contribution in [2.24, 2.45) is 0 Å². The lowest BCUT2D eigenvalue weighted by molar-refractivity contribution is -0.122. The van der Waals surface area contributed by atoms with Gasteiger partial charge in [0.15, 0.2) is 6.10 Å². The quantitative estimate of drug-likeness (QED) is 0.804. The number of halogens is 1. The molecule has 6 heteroatoms. The SMILES string of the molecule is CCOC(=O)c1ccccc1NC(=O)[C@@H](C)Oc1ccccc1Cl. The van der Waals surface area contributed by atoms with E-state index in [4.69, 9.17) is 21.1 Å². The number of esters is 1. The maximum atomic E-state index is 12.3. The predicted molar refractivity (Wildman–Crippen MR) is 92.6 cm³/mol. The summed E-state index contributed by atoms with van der Waals surface area (Å²) in [5.74, 6) is -0.472. The molecule has 0 saturated carbocycles. The Morgan fingerprint density at radius 1 is 1.12 bits per heavy atom. The summed E-state index contributed by atoms with van der Waals surface area (Å²) >= 11 is 6.02. The zero-order valence-electron chi connectivity index (χ0n) is 13.4. The molecule has 0 spiro atoms. The summed E-state index contributed by atoms with van der Waals surface area (Å²) < 4.78 is 10.5. The largest absolute Gasteiger partial charge is 0.479 e. The fraction of sp³-hybridized carbons (Fsp3) is 0.222. The predicted octanol–water partition coefficient (Wildman–Crippen LogP) is 3.92. The first kappa shape index (κ1) is 17.8.